The second-order valence-corrected chi connectivity index (χ2v) is 10.5. The molecule has 2 heteroatoms. The van der Waals surface area contributed by atoms with E-state index in [-0.39, 0.29) is 0 Å². The van der Waals surface area contributed by atoms with Gasteiger partial charge < -0.3 is 4.90 Å². The van der Waals surface area contributed by atoms with E-state index in [4.69, 9.17) is 0 Å². The quantitative estimate of drug-likeness (QED) is 0.211. The molecule has 0 aliphatic heterocycles. The Morgan fingerprint density at radius 3 is 1.87 bits per heavy atom. The van der Waals surface area contributed by atoms with Gasteiger partial charge in [0.05, 0.1) is 5.69 Å². The van der Waals surface area contributed by atoms with Crippen LogP contribution in [-0.2, 0) is 0 Å². The lowest BCUT2D eigenvalue weighted by molar-refractivity contribution is 1.30. The summed E-state index contributed by atoms with van der Waals surface area (Å²) in [6, 6.07) is 52.4. The Hall–Kier alpha value is -4.40. The topological polar surface area (TPSA) is 3.24 Å². The predicted octanol–water partition coefficient (Wildman–Crippen LogP) is 11.0. The number of fused-ring (bicyclic) bond motifs is 3. The van der Waals surface area contributed by atoms with E-state index in [2.05, 4.69) is 166 Å². The standard InChI is InChI=1S/C36H24BrN/c37-32-18-14-30-22-29(12-13-31(30)23-32)26-15-19-33(20-16-26)38(34-21-17-25-6-1-2-8-28(25)24-34)36-11-5-9-27-7-3-4-10-35(27)36/h1-24H. The van der Waals surface area contributed by atoms with Crippen molar-refractivity contribution in [2.75, 3.05) is 4.90 Å². The predicted molar refractivity (Wildman–Crippen MR) is 167 cm³/mol. The first-order chi connectivity index (χ1) is 18.7. The highest BCUT2D eigenvalue weighted by atomic mass is 79.9. The van der Waals surface area contributed by atoms with Crippen LogP contribution in [0.2, 0.25) is 0 Å². The van der Waals surface area contributed by atoms with Crippen molar-refractivity contribution in [2.45, 2.75) is 0 Å². The van der Waals surface area contributed by atoms with Gasteiger partial charge in [-0.1, -0.05) is 113 Å². The average molecular weight is 550 g/mol. The minimum absolute atomic E-state index is 1.10. The van der Waals surface area contributed by atoms with E-state index >= 15 is 0 Å². The summed E-state index contributed by atoms with van der Waals surface area (Å²) in [5.41, 5.74) is 5.86. The summed E-state index contributed by atoms with van der Waals surface area (Å²) in [5.74, 6) is 0. The summed E-state index contributed by atoms with van der Waals surface area (Å²) in [4.78, 5) is 2.37. The highest BCUT2D eigenvalue weighted by molar-refractivity contribution is 9.10. The van der Waals surface area contributed by atoms with Crippen molar-refractivity contribution in [1.82, 2.24) is 0 Å². The summed E-state index contributed by atoms with van der Waals surface area (Å²) in [6.07, 6.45) is 0. The fraction of sp³-hybridized carbons (Fsp3) is 0. The van der Waals surface area contributed by atoms with Gasteiger partial charge in [-0.25, -0.2) is 0 Å². The molecule has 0 aromatic heterocycles. The van der Waals surface area contributed by atoms with Gasteiger partial charge in [0.25, 0.3) is 0 Å². The minimum atomic E-state index is 1.10. The Bertz CT molecular complexity index is 1930. The van der Waals surface area contributed by atoms with Gasteiger partial charge in [-0.2, -0.15) is 0 Å². The van der Waals surface area contributed by atoms with E-state index in [0.717, 1.165) is 15.8 Å². The molecule has 7 aromatic carbocycles. The van der Waals surface area contributed by atoms with Gasteiger partial charge in [-0.3, -0.25) is 0 Å². The molecule has 0 fully saturated rings. The normalized spacial score (nSPS) is 11.3. The fourth-order valence-corrected chi connectivity index (χ4v) is 5.72. The molecule has 0 amide bonds. The van der Waals surface area contributed by atoms with Crippen LogP contribution in [0, 0.1) is 0 Å². The van der Waals surface area contributed by atoms with Crippen molar-refractivity contribution in [2.24, 2.45) is 0 Å². The van der Waals surface area contributed by atoms with E-state index in [9.17, 15) is 0 Å². The Labute approximate surface area is 230 Å². The van der Waals surface area contributed by atoms with Crippen molar-refractivity contribution in [3.8, 4) is 11.1 Å². The highest BCUT2D eigenvalue weighted by Crippen LogP contribution is 2.40. The summed E-state index contributed by atoms with van der Waals surface area (Å²) < 4.78 is 1.10. The number of hydrogen-bond donors (Lipinski definition) is 0. The Balaban J connectivity index is 1.36. The van der Waals surface area contributed by atoms with E-state index in [0.29, 0.717) is 0 Å². The van der Waals surface area contributed by atoms with Gasteiger partial charge in [-0.15, -0.1) is 0 Å². The third-order valence-corrected chi connectivity index (χ3v) is 7.75. The van der Waals surface area contributed by atoms with Crippen LogP contribution in [-0.4, -0.2) is 0 Å². The zero-order chi connectivity index (χ0) is 25.5. The third-order valence-electron chi connectivity index (χ3n) is 7.26. The lowest BCUT2D eigenvalue weighted by atomic mass is 10.0. The van der Waals surface area contributed by atoms with E-state index in [1.807, 2.05) is 0 Å². The smallest absolute Gasteiger partial charge is 0.0540 e. The molecule has 0 aliphatic carbocycles. The summed E-state index contributed by atoms with van der Waals surface area (Å²) in [5, 5.41) is 7.41. The van der Waals surface area contributed by atoms with Gasteiger partial charge in [0.15, 0.2) is 0 Å². The first-order valence-corrected chi connectivity index (χ1v) is 13.6. The maximum Gasteiger partial charge on any atom is 0.0540 e. The molecule has 0 radical (unpaired) electrons. The van der Waals surface area contributed by atoms with Gasteiger partial charge in [0.1, 0.15) is 0 Å². The van der Waals surface area contributed by atoms with Gasteiger partial charge in [-0.05, 0) is 86.6 Å². The molecule has 0 unspecified atom stereocenters. The molecule has 7 aromatic rings. The molecule has 0 spiro atoms. The van der Waals surface area contributed by atoms with E-state index < -0.39 is 0 Å². The van der Waals surface area contributed by atoms with Gasteiger partial charge >= 0.3 is 0 Å². The number of anilines is 3. The molecular weight excluding hydrogens is 526 g/mol. The summed E-state index contributed by atoms with van der Waals surface area (Å²) in [7, 11) is 0. The zero-order valence-corrected chi connectivity index (χ0v) is 22.3. The minimum Gasteiger partial charge on any atom is -0.310 e. The molecular formula is C36H24BrN. The van der Waals surface area contributed by atoms with E-state index in [1.165, 1.54) is 49.1 Å². The molecule has 7 rings (SSSR count). The number of hydrogen-bond acceptors (Lipinski definition) is 1. The van der Waals surface area contributed by atoms with Crippen LogP contribution in [0.25, 0.3) is 43.4 Å². The van der Waals surface area contributed by atoms with Crippen LogP contribution >= 0.6 is 15.9 Å². The lowest BCUT2D eigenvalue weighted by Gasteiger charge is -2.27. The molecule has 0 heterocycles. The molecule has 0 aliphatic rings. The van der Waals surface area contributed by atoms with Crippen molar-refractivity contribution in [1.29, 1.82) is 0 Å². The van der Waals surface area contributed by atoms with Crippen molar-refractivity contribution in [3.05, 3.63) is 150 Å². The first-order valence-electron chi connectivity index (χ1n) is 12.8. The van der Waals surface area contributed by atoms with Crippen molar-refractivity contribution >= 4 is 65.3 Å². The largest absolute Gasteiger partial charge is 0.310 e. The van der Waals surface area contributed by atoms with E-state index in [1.54, 1.807) is 0 Å². The molecule has 0 saturated heterocycles. The molecule has 0 N–H and O–H groups in total. The molecule has 180 valence electrons. The Morgan fingerprint density at radius 2 is 1.00 bits per heavy atom. The maximum absolute atomic E-state index is 3.58. The van der Waals surface area contributed by atoms with Crippen molar-refractivity contribution < 1.29 is 0 Å². The van der Waals surface area contributed by atoms with Crippen LogP contribution in [0.15, 0.2) is 150 Å². The highest BCUT2D eigenvalue weighted by Gasteiger charge is 2.16. The molecule has 0 atom stereocenters. The van der Waals surface area contributed by atoms with Crippen LogP contribution in [0.4, 0.5) is 17.1 Å². The first kappa shape index (κ1) is 22.8. The summed E-state index contributed by atoms with van der Waals surface area (Å²) >= 11 is 3.58. The average Bonchev–Trinajstić information content (AvgIpc) is 2.97. The lowest BCUT2D eigenvalue weighted by Crippen LogP contribution is -2.10. The third kappa shape index (κ3) is 4.13. The monoisotopic (exact) mass is 549 g/mol. The number of rotatable bonds is 4. The van der Waals surface area contributed by atoms with Crippen LogP contribution in [0.3, 0.4) is 0 Å². The molecule has 1 nitrogen and oxygen atoms in total. The molecule has 0 saturated carbocycles. The van der Waals surface area contributed by atoms with Crippen LogP contribution < -0.4 is 4.90 Å². The van der Waals surface area contributed by atoms with Gasteiger partial charge in [0, 0.05) is 21.2 Å². The van der Waals surface area contributed by atoms with Crippen molar-refractivity contribution in [3.63, 3.8) is 0 Å². The maximum atomic E-state index is 3.58. The Kier molecular flexibility index (Phi) is 5.68. The second-order valence-electron chi connectivity index (χ2n) is 9.62. The number of nitrogens with zero attached hydrogens (tertiary/aromatic N) is 1. The Morgan fingerprint density at radius 1 is 0.395 bits per heavy atom. The van der Waals surface area contributed by atoms with Crippen LogP contribution in [0.1, 0.15) is 0 Å². The molecule has 38 heavy (non-hydrogen) atoms. The zero-order valence-electron chi connectivity index (χ0n) is 20.7. The van der Waals surface area contributed by atoms with Gasteiger partial charge in [0.2, 0.25) is 0 Å². The number of benzene rings is 7. The SMILES string of the molecule is Brc1ccc2cc(-c3ccc(N(c4ccc5ccccc5c4)c4cccc5ccccc45)cc3)ccc2c1. The number of halogens is 1. The second kappa shape index (κ2) is 9.48. The fourth-order valence-electron chi connectivity index (χ4n) is 5.35. The molecule has 0 bridgehead atoms. The van der Waals surface area contributed by atoms with Crippen LogP contribution in [0.5, 0.6) is 0 Å². The summed E-state index contributed by atoms with van der Waals surface area (Å²) in [6.45, 7) is 0.